The molecule has 9 heteroatoms. The van der Waals surface area contributed by atoms with Crippen LogP contribution in [-0.2, 0) is 0 Å². The molecule has 0 atom stereocenters. The maximum absolute atomic E-state index is 11.1. The molecule has 0 saturated carbocycles. The predicted molar refractivity (Wildman–Crippen MR) is 75.4 cm³/mol. The number of benzene rings is 1. The molecule has 104 valence electrons. The Labute approximate surface area is 122 Å². The molecule has 2 aromatic rings. The van der Waals surface area contributed by atoms with Gasteiger partial charge < -0.3 is 10.2 Å². The Hall–Kier alpha value is -2.26. The van der Waals surface area contributed by atoms with Gasteiger partial charge in [-0.3, -0.25) is 15.1 Å². The summed E-state index contributed by atoms with van der Waals surface area (Å²) >= 11 is 3.21. The van der Waals surface area contributed by atoms with Crippen LogP contribution in [0.3, 0.4) is 0 Å². The number of aryl methyl sites for hydroxylation is 1. The zero-order valence-corrected chi connectivity index (χ0v) is 11.9. The van der Waals surface area contributed by atoms with Gasteiger partial charge in [-0.15, -0.1) is 0 Å². The van der Waals surface area contributed by atoms with E-state index in [9.17, 15) is 10.1 Å². The van der Waals surface area contributed by atoms with Gasteiger partial charge in [0, 0.05) is 16.1 Å². The second-order valence-corrected chi connectivity index (χ2v) is 4.73. The predicted octanol–water partition coefficient (Wildman–Crippen LogP) is 2.53. The van der Waals surface area contributed by atoms with Gasteiger partial charge >= 0.3 is 5.69 Å². The van der Waals surface area contributed by atoms with Crippen molar-refractivity contribution in [3.63, 3.8) is 0 Å². The number of rotatable bonds is 4. The molecule has 1 heterocycles. The van der Waals surface area contributed by atoms with Gasteiger partial charge in [-0.2, -0.15) is 4.98 Å². The van der Waals surface area contributed by atoms with Crippen LogP contribution >= 0.6 is 15.9 Å². The zero-order valence-electron chi connectivity index (χ0n) is 10.3. The number of hydrazine groups is 1. The van der Waals surface area contributed by atoms with Crippen molar-refractivity contribution in [2.45, 2.75) is 6.92 Å². The Morgan fingerprint density at radius 2 is 2.20 bits per heavy atom. The first kappa shape index (κ1) is 14.2. The first-order valence-electron chi connectivity index (χ1n) is 5.42. The first-order chi connectivity index (χ1) is 9.51. The second-order valence-electron chi connectivity index (χ2n) is 3.82. The third-order valence-electron chi connectivity index (χ3n) is 2.38. The lowest BCUT2D eigenvalue weighted by atomic mass is 10.2. The molecule has 0 unspecified atom stereocenters. The van der Waals surface area contributed by atoms with Crippen molar-refractivity contribution in [3.05, 3.63) is 44.7 Å². The topological polar surface area (TPSA) is 116 Å². The van der Waals surface area contributed by atoms with Gasteiger partial charge in [0.05, 0.1) is 17.3 Å². The monoisotopic (exact) mass is 339 g/mol. The van der Waals surface area contributed by atoms with Gasteiger partial charge in [0.25, 0.3) is 0 Å². The molecule has 8 nitrogen and oxygen atoms in total. The SMILES string of the molecule is Cc1cc(Br)cc([N+](=O)[O-])c1Oc1cncc(NN)n1. The van der Waals surface area contributed by atoms with E-state index in [-0.39, 0.29) is 17.3 Å². The van der Waals surface area contributed by atoms with Crippen molar-refractivity contribution in [2.75, 3.05) is 5.43 Å². The molecule has 0 aliphatic carbocycles. The number of hydrogen-bond donors (Lipinski definition) is 2. The lowest BCUT2D eigenvalue weighted by molar-refractivity contribution is -0.385. The van der Waals surface area contributed by atoms with Crippen LogP contribution in [0.1, 0.15) is 5.56 Å². The molecule has 2 rings (SSSR count). The standard InChI is InChI=1S/C11H10BrN5O3/c1-6-2-7(12)3-8(17(18)19)11(6)20-10-5-14-4-9(15-10)16-13/h2-5H,13H2,1H3,(H,15,16). The normalized spacial score (nSPS) is 10.2. The highest BCUT2D eigenvalue weighted by atomic mass is 79.9. The minimum absolute atomic E-state index is 0.106. The first-order valence-corrected chi connectivity index (χ1v) is 6.21. The fourth-order valence-corrected chi connectivity index (χ4v) is 2.11. The fourth-order valence-electron chi connectivity index (χ4n) is 1.55. The second kappa shape index (κ2) is 5.80. The Morgan fingerprint density at radius 3 is 2.85 bits per heavy atom. The van der Waals surface area contributed by atoms with Crippen LogP contribution in [0.25, 0.3) is 0 Å². The average Bonchev–Trinajstić information content (AvgIpc) is 2.41. The van der Waals surface area contributed by atoms with E-state index in [1.54, 1.807) is 13.0 Å². The number of nitrogen functional groups attached to an aromatic ring is 1. The molecule has 1 aromatic carbocycles. The Kier molecular flexibility index (Phi) is 4.11. The minimum atomic E-state index is -0.522. The van der Waals surface area contributed by atoms with Gasteiger partial charge in [0.1, 0.15) is 0 Å². The highest BCUT2D eigenvalue weighted by Crippen LogP contribution is 2.36. The summed E-state index contributed by atoms with van der Waals surface area (Å²) < 4.78 is 6.06. The summed E-state index contributed by atoms with van der Waals surface area (Å²) in [6.07, 6.45) is 2.74. The summed E-state index contributed by atoms with van der Waals surface area (Å²) in [4.78, 5) is 18.4. The van der Waals surface area contributed by atoms with Crippen molar-refractivity contribution >= 4 is 27.4 Å². The van der Waals surface area contributed by atoms with Crippen molar-refractivity contribution in [1.82, 2.24) is 9.97 Å². The van der Waals surface area contributed by atoms with Gasteiger partial charge in [-0.05, 0) is 13.0 Å². The summed E-state index contributed by atoms with van der Waals surface area (Å²) in [5.74, 6) is 5.73. The number of nitro groups is 1. The van der Waals surface area contributed by atoms with E-state index >= 15 is 0 Å². The number of nitrogens with one attached hydrogen (secondary N) is 1. The Morgan fingerprint density at radius 1 is 1.45 bits per heavy atom. The molecule has 0 bridgehead atoms. The summed E-state index contributed by atoms with van der Waals surface area (Å²) in [5, 5.41) is 11.1. The number of ether oxygens (including phenoxy) is 1. The van der Waals surface area contributed by atoms with Crippen LogP contribution < -0.4 is 16.0 Å². The molecule has 0 aliphatic heterocycles. The van der Waals surface area contributed by atoms with Gasteiger partial charge in [0.2, 0.25) is 11.6 Å². The number of anilines is 1. The lowest BCUT2D eigenvalue weighted by Crippen LogP contribution is -2.09. The van der Waals surface area contributed by atoms with Crippen LogP contribution in [0.5, 0.6) is 11.6 Å². The lowest BCUT2D eigenvalue weighted by Gasteiger charge is -2.09. The van der Waals surface area contributed by atoms with E-state index in [0.29, 0.717) is 15.9 Å². The summed E-state index contributed by atoms with van der Waals surface area (Å²) in [5.41, 5.74) is 2.75. The molecular formula is C11H10BrN5O3. The van der Waals surface area contributed by atoms with Crippen molar-refractivity contribution in [1.29, 1.82) is 0 Å². The van der Waals surface area contributed by atoms with Gasteiger partial charge in [-0.25, -0.2) is 5.84 Å². The van der Waals surface area contributed by atoms with Gasteiger partial charge in [-0.1, -0.05) is 15.9 Å². The largest absolute Gasteiger partial charge is 0.430 e. The van der Waals surface area contributed by atoms with E-state index in [4.69, 9.17) is 10.6 Å². The van der Waals surface area contributed by atoms with E-state index in [0.717, 1.165) is 0 Å². The maximum atomic E-state index is 11.1. The van der Waals surface area contributed by atoms with E-state index in [2.05, 4.69) is 31.3 Å². The molecule has 0 fully saturated rings. The van der Waals surface area contributed by atoms with E-state index in [1.165, 1.54) is 18.5 Å². The molecule has 0 radical (unpaired) electrons. The quantitative estimate of drug-likeness (QED) is 0.499. The molecular weight excluding hydrogens is 330 g/mol. The molecule has 0 saturated heterocycles. The minimum Gasteiger partial charge on any atom is -0.430 e. The van der Waals surface area contributed by atoms with Crippen LogP contribution in [0.15, 0.2) is 29.0 Å². The number of nitro benzene ring substituents is 1. The number of halogens is 1. The van der Waals surface area contributed by atoms with Crippen molar-refractivity contribution in [2.24, 2.45) is 5.84 Å². The molecule has 0 aliphatic rings. The maximum Gasteiger partial charge on any atom is 0.313 e. The van der Waals surface area contributed by atoms with Crippen LogP contribution in [0, 0.1) is 17.0 Å². The summed E-state index contributed by atoms with van der Waals surface area (Å²) in [7, 11) is 0. The third-order valence-corrected chi connectivity index (χ3v) is 2.84. The van der Waals surface area contributed by atoms with Crippen molar-refractivity contribution < 1.29 is 9.66 Å². The number of nitrogens with two attached hydrogens (primary N) is 1. The van der Waals surface area contributed by atoms with Gasteiger partial charge in [0.15, 0.2) is 5.82 Å². The molecule has 0 amide bonds. The molecule has 3 N–H and O–H groups in total. The summed E-state index contributed by atoms with van der Waals surface area (Å²) in [6, 6.07) is 3.07. The third kappa shape index (κ3) is 3.00. The van der Waals surface area contributed by atoms with Crippen LogP contribution in [0.2, 0.25) is 0 Å². The fraction of sp³-hybridized carbons (Fsp3) is 0.0909. The molecule has 1 aromatic heterocycles. The number of aromatic nitrogens is 2. The highest BCUT2D eigenvalue weighted by molar-refractivity contribution is 9.10. The van der Waals surface area contributed by atoms with E-state index in [1.807, 2.05) is 0 Å². The Balaban J connectivity index is 2.44. The number of hydrogen-bond acceptors (Lipinski definition) is 7. The summed E-state index contributed by atoms with van der Waals surface area (Å²) in [6.45, 7) is 1.70. The van der Waals surface area contributed by atoms with Crippen molar-refractivity contribution in [3.8, 4) is 11.6 Å². The highest BCUT2D eigenvalue weighted by Gasteiger charge is 2.20. The Bertz CT molecular complexity index is 665. The van der Waals surface area contributed by atoms with E-state index < -0.39 is 4.92 Å². The van der Waals surface area contributed by atoms with Crippen LogP contribution in [-0.4, -0.2) is 14.9 Å². The number of nitrogens with zero attached hydrogens (tertiary/aromatic N) is 3. The van der Waals surface area contributed by atoms with Crippen LogP contribution in [0.4, 0.5) is 11.5 Å². The molecule has 20 heavy (non-hydrogen) atoms. The smallest absolute Gasteiger partial charge is 0.313 e. The average molecular weight is 340 g/mol. The molecule has 0 spiro atoms. The zero-order chi connectivity index (χ0) is 14.7.